The second kappa shape index (κ2) is 11.2. The van der Waals surface area contributed by atoms with Crippen LogP contribution < -0.4 is 15.0 Å². The third-order valence-electron chi connectivity index (χ3n) is 5.79. The lowest BCUT2D eigenvalue weighted by Gasteiger charge is -2.16. The molecular weight excluding hydrogens is 587 g/mol. The summed E-state index contributed by atoms with van der Waals surface area (Å²) in [6.07, 6.45) is -2.59. The van der Waals surface area contributed by atoms with E-state index in [9.17, 15) is 36.4 Å². The number of ether oxygens (including phenoxy) is 1. The summed E-state index contributed by atoms with van der Waals surface area (Å²) in [5.41, 5.74) is -1.80. The van der Waals surface area contributed by atoms with Gasteiger partial charge >= 0.3 is 6.18 Å². The molecule has 0 aliphatic carbocycles. The zero-order valence-corrected chi connectivity index (χ0v) is 22.9. The van der Waals surface area contributed by atoms with Gasteiger partial charge in [0.25, 0.3) is 11.5 Å². The molecule has 0 fully saturated rings. The van der Waals surface area contributed by atoms with E-state index in [0.29, 0.717) is 28.0 Å². The molecule has 2 aromatic carbocycles. The van der Waals surface area contributed by atoms with E-state index in [1.165, 1.54) is 23.8 Å². The molecule has 0 unspecified atom stereocenters. The van der Waals surface area contributed by atoms with Crippen molar-refractivity contribution in [3.05, 3.63) is 86.7 Å². The normalized spacial score (nSPS) is 11.7. The number of hydrogen-bond donors (Lipinski definition) is 1. The van der Waals surface area contributed by atoms with Crippen LogP contribution in [0.3, 0.4) is 0 Å². The molecule has 0 aliphatic heterocycles. The first-order chi connectivity index (χ1) is 19.2. The third-order valence-corrected chi connectivity index (χ3v) is 6.58. The number of nitrogens with one attached hydrogen (secondary N) is 1. The van der Waals surface area contributed by atoms with Crippen molar-refractivity contribution in [2.45, 2.75) is 19.6 Å². The molecule has 41 heavy (non-hydrogen) atoms. The van der Waals surface area contributed by atoms with Crippen molar-refractivity contribution >= 4 is 38.4 Å². The first kappa shape index (κ1) is 29.5. The van der Waals surface area contributed by atoms with Crippen molar-refractivity contribution in [3.63, 3.8) is 0 Å². The summed E-state index contributed by atoms with van der Waals surface area (Å²) in [4.78, 5) is 33.5. The van der Waals surface area contributed by atoms with Crippen molar-refractivity contribution < 1.29 is 31.1 Å². The Morgan fingerprint density at radius 1 is 1.20 bits per heavy atom. The SMILES string of the molecule is Cc1nc2cc(C(F)(F)F)cc(C#N)c2c(=O)n1CCOc1ccc(Cl)cc1-c1ccnc(C(=O)NS(C)(=O)=O)c1. The van der Waals surface area contributed by atoms with Crippen LogP contribution in [-0.2, 0) is 22.7 Å². The lowest BCUT2D eigenvalue weighted by atomic mass is 10.0. The molecule has 0 atom stereocenters. The summed E-state index contributed by atoms with van der Waals surface area (Å²) in [6.45, 7) is 1.28. The number of alkyl halides is 3. The minimum absolute atomic E-state index is 0.0695. The van der Waals surface area contributed by atoms with E-state index in [1.54, 1.807) is 30.3 Å². The number of nitrogens with zero attached hydrogens (tertiary/aromatic N) is 4. The summed E-state index contributed by atoms with van der Waals surface area (Å²) in [5.74, 6) is -0.528. The molecule has 212 valence electrons. The second-order valence-electron chi connectivity index (χ2n) is 8.77. The van der Waals surface area contributed by atoms with Gasteiger partial charge in [0.1, 0.15) is 29.9 Å². The fourth-order valence-corrected chi connectivity index (χ4v) is 4.63. The van der Waals surface area contributed by atoms with Gasteiger partial charge in [0.15, 0.2) is 0 Å². The molecule has 15 heteroatoms. The number of carbonyl (C=O) groups excluding carboxylic acids is 1. The van der Waals surface area contributed by atoms with E-state index in [-0.39, 0.29) is 35.6 Å². The summed E-state index contributed by atoms with van der Waals surface area (Å²) in [5, 5.41) is 9.51. The highest BCUT2D eigenvalue weighted by molar-refractivity contribution is 7.89. The smallest absolute Gasteiger partial charge is 0.416 e. The Kier molecular flexibility index (Phi) is 8.05. The summed E-state index contributed by atoms with van der Waals surface area (Å²) < 4.78 is 71.5. The Hall–Kier alpha value is -4.48. The quantitative estimate of drug-likeness (QED) is 0.332. The van der Waals surface area contributed by atoms with Crippen molar-refractivity contribution in [2.24, 2.45) is 0 Å². The van der Waals surface area contributed by atoms with Gasteiger partial charge in [-0.25, -0.2) is 18.1 Å². The molecule has 0 saturated heterocycles. The second-order valence-corrected chi connectivity index (χ2v) is 11.0. The van der Waals surface area contributed by atoms with Gasteiger partial charge in [-0.15, -0.1) is 0 Å². The number of nitriles is 1. The fourth-order valence-electron chi connectivity index (χ4n) is 4.01. The van der Waals surface area contributed by atoms with E-state index in [1.807, 2.05) is 4.72 Å². The number of aryl methyl sites for hydroxylation is 1. The fraction of sp³-hybridized carbons (Fsp3) is 0.192. The standard InChI is InChI=1S/C26H19ClF3N5O5S/c1-14-33-20-11-17(26(28,29)30)9-16(13-31)23(20)25(37)35(14)7-8-40-22-4-3-18(27)12-19(22)15-5-6-32-21(10-15)24(36)34-41(2,38)39/h3-6,9-12H,7-8H2,1-2H3,(H,34,36). The van der Waals surface area contributed by atoms with Crippen molar-refractivity contribution in [1.82, 2.24) is 19.3 Å². The van der Waals surface area contributed by atoms with E-state index in [0.717, 1.165) is 12.3 Å². The number of sulfonamides is 1. The largest absolute Gasteiger partial charge is 0.491 e. The van der Waals surface area contributed by atoms with Gasteiger partial charge in [0.05, 0.1) is 34.8 Å². The van der Waals surface area contributed by atoms with Crippen molar-refractivity contribution in [3.8, 4) is 22.9 Å². The molecule has 0 saturated carbocycles. The maximum absolute atomic E-state index is 13.3. The van der Waals surface area contributed by atoms with Crippen LogP contribution in [0.5, 0.6) is 5.75 Å². The number of carbonyl (C=O) groups is 1. The Labute approximate surface area is 236 Å². The van der Waals surface area contributed by atoms with Gasteiger partial charge in [0.2, 0.25) is 10.0 Å². The van der Waals surface area contributed by atoms with Crippen LogP contribution in [0.1, 0.15) is 27.4 Å². The van der Waals surface area contributed by atoms with Gasteiger partial charge in [-0.05, 0) is 55.0 Å². The molecule has 0 radical (unpaired) electrons. The van der Waals surface area contributed by atoms with Crippen LogP contribution in [0.2, 0.25) is 5.02 Å². The minimum Gasteiger partial charge on any atom is -0.491 e. The summed E-state index contributed by atoms with van der Waals surface area (Å²) in [6, 6.07) is 10.5. The van der Waals surface area contributed by atoms with Gasteiger partial charge in [-0.3, -0.25) is 19.1 Å². The van der Waals surface area contributed by atoms with Gasteiger partial charge in [0, 0.05) is 16.8 Å². The maximum Gasteiger partial charge on any atom is 0.416 e. The number of amides is 1. The average Bonchev–Trinajstić information content (AvgIpc) is 2.89. The number of rotatable bonds is 7. The van der Waals surface area contributed by atoms with Crippen LogP contribution >= 0.6 is 11.6 Å². The molecule has 2 heterocycles. The highest BCUT2D eigenvalue weighted by atomic mass is 35.5. The molecule has 1 amide bonds. The maximum atomic E-state index is 13.3. The van der Waals surface area contributed by atoms with Crippen LogP contribution in [-0.4, -0.2) is 41.7 Å². The molecular formula is C26H19ClF3N5O5S. The van der Waals surface area contributed by atoms with Crippen molar-refractivity contribution in [1.29, 1.82) is 5.26 Å². The number of hydrogen-bond acceptors (Lipinski definition) is 8. The Balaban J connectivity index is 1.64. The first-order valence-corrected chi connectivity index (χ1v) is 13.9. The zero-order valence-electron chi connectivity index (χ0n) is 21.3. The number of halogens is 4. The summed E-state index contributed by atoms with van der Waals surface area (Å²) in [7, 11) is -3.82. The highest BCUT2D eigenvalue weighted by Gasteiger charge is 2.32. The molecule has 0 bridgehead atoms. The Morgan fingerprint density at radius 3 is 2.59 bits per heavy atom. The molecule has 0 spiro atoms. The van der Waals surface area contributed by atoms with Crippen LogP contribution in [0.15, 0.2) is 53.5 Å². The number of pyridine rings is 1. The Bertz CT molecular complexity index is 1900. The van der Waals surface area contributed by atoms with Gasteiger partial charge in [-0.1, -0.05) is 11.6 Å². The number of fused-ring (bicyclic) bond motifs is 1. The Morgan fingerprint density at radius 2 is 1.93 bits per heavy atom. The van der Waals surface area contributed by atoms with E-state index in [4.69, 9.17) is 16.3 Å². The summed E-state index contributed by atoms with van der Waals surface area (Å²) >= 11 is 6.17. The monoisotopic (exact) mass is 605 g/mol. The average molecular weight is 606 g/mol. The highest BCUT2D eigenvalue weighted by Crippen LogP contribution is 2.34. The third kappa shape index (κ3) is 6.64. The van der Waals surface area contributed by atoms with E-state index in [2.05, 4.69) is 9.97 Å². The lowest BCUT2D eigenvalue weighted by Crippen LogP contribution is -2.29. The molecule has 4 rings (SSSR count). The number of aromatic nitrogens is 3. The first-order valence-electron chi connectivity index (χ1n) is 11.6. The molecule has 1 N–H and O–H groups in total. The number of benzene rings is 2. The van der Waals surface area contributed by atoms with E-state index >= 15 is 0 Å². The minimum atomic E-state index is -4.72. The predicted molar refractivity (Wildman–Crippen MR) is 143 cm³/mol. The van der Waals surface area contributed by atoms with Crippen LogP contribution in [0, 0.1) is 18.3 Å². The molecule has 0 aliphatic rings. The van der Waals surface area contributed by atoms with Crippen LogP contribution in [0.4, 0.5) is 13.2 Å². The molecule has 2 aromatic heterocycles. The van der Waals surface area contributed by atoms with E-state index < -0.39 is 38.8 Å². The topological polar surface area (TPSA) is 144 Å². The van der Waals surface area contributed by atoms with Gasteiger partial charge < -0.3 is 4.74 Å². The van der Waals surface area contributed by atoms with Gasteiger partial charge in [-0.2, -0.15) is 18.4 Å². The lowest BCUT2D eigenvalue weighted by molar-refractivity contribution is -0.137. The molecule has 10 nitrogen and oxygen atoms in total. The molecule has 4 aromatic rings. The van der Waals surface area contributed by atoms with Crippen molar-refractivity contribution in [2.75, 3.05) is 12.9 Å². The zero-order chi connectivity index (χ0) is 30.1. The van der Waals surface area contributed by atoms with Crippen LogP contribution in [0.25, 0.3) is 22.0 Å². The predicted octanol–water partition coefficient (Wildman–Crippen LogP) is 4.08.